The fourth-order valence-electron chi connectivity index (χ4n) is 4.12. The van der Waals surface area contributed by atoms with Crippen LogP contribution in [0.5, 0.6) is 0 Å². The van der Waals surface area contributed by atoms with Gasteiger partial charge in [-0.1, -0.05) is 41.9 Å². The van der Waals surface area contributed by atoms with Gasteiger partial charge in [0.1, 0.15) is 0 Å². The Labute approximate surface area is 216 Å². The molecular weight excluding hydrogens is 535 g/mol. The molecule has 0 spiro atoms. The first kappa shape index (κ1) is 28.3. The van der Waals surface area contributed by atoms with Crippen LogP contribution in [0, 0.1) is 0 Å². The molecule has 3 rings (SSSR count). The molecule has 0 saturated carbocycles. The van der Waals surface area contributed by atoms with E-state index >= 15 is 0 Å². The van der Waals surface area contributed by atoms with Crippen molar-refractivity contribution in [2.75, 3.05) is 19.5 Å². The molecule has 1 atom stereocenters. The number of methoxy groups -OCH3 is 1. The van der Waals surface area contributed by atoms with E-state index in [1.807, 2.05) is 0 Å². The standard InChI is InChI=1S/C25H23ClF3NO6S/c1-4-36-24(32)22-18(13-37(33,34)19-12-8-7-11-17(19)26)30-14(2)20(23(31)35-3)21(22)15-9-5-6-10-16(15)25(27,28)29/h5-12,21,30H,4,13H2,1-3H3. The summed E-state index contributed by atoms with van der Waals surface area (Å²) >= 11 is 6.08. The molecule has 1 unspecified atom stereocenters. The third-order valence-electron chi connectivity index (χ3n) is 5.63. The molecular formula is C25H23ClF3NO6S. The van der Waals surface area contributed by atoms with Crippen molar-refractivity contribution in [3.05, 3.63) is 87.2 Å². The number of carbonyl (C=O) groups is 2. The lowest BCUT2D eigenvalue weighted by Gasteiger charge is -2.32. The highest BCUT2D eigenvalue weighted by molar-refractivity contribution is 7.91. The third-order valence-corrected chi connectivity index (χ3v) is 7.77. The van der Waals surface area contributed by atoms with E-state index in [9.17, 15) is 31.2 Å². The Balaban J connectivity index is 2.35. The first-order valence-electron chi connectivity index (χ1n) is 10.9. The predicted molar refractivity (Wildman–Crippen MR) is 129 cm³/mol. The molecule has 2 aromatic carbocycles. The van der Waals surface area contributed by atoms with Gasteiger partial charge in [0.25, 0.3) is 0 Å². The molecule has 0 radical (unpaired) electrons. The number of esters is 2. The Morgan fingerprint density at radius 3 is 2.24 bits per heavy atom. The van der Waals surface area contributed by atoms with Crippen molar-refractivity contribution >= 4 is 33.4 Å². The van der Waals surface area contributed by atoms with Gasteiger partial charge in [-0.25, -0.2) is 18.0 Å². The van der Waals surface area contributed by atoms with Crippen molar-refractivity contribution in [3.63, 3.8) is 0 Å². The monoisotopic (exact) mass is 557 g/mol. The van der Waals surface area contributed by atoms with Crippen LogP contribution in [0.4, 0.5) is 13.2 Å². The summed E-state index contributed by atoms with van der Waals surface area (Å²) in [6, 6.07) is 10.0. The molecule has 37 heavy (non-hydrogen) atoms. The second-order valence-corrected chi connectivity index (χ2v) is 10.3. The SMILES string of the molecule is CCOC(=O)C1=C(CS(=O)(=O)c2ccccc2Cl)NC(C)=C(C(=O)OC)C1c1ccccc1C(F)(F)F. The normalized spacial score (nSPS) is 16.4. The van der Waals surface area contributed by atoms with E-state index in [1.165, 1.54) is 44.2 Å². The third kappa shape index (κ3) is 5.83. The molecule has 1 heterocycles. The topological polar surface area (TPSA) is 98.8 Å². The molecule has 0 amide bonds. The lowest BCUT2D eigenvalue weighted by atomic mass is 9.78. The number of rotatable bonds is 7. The molecule has 1 aliphatic rings. The minimum absolute atomic E-state index is 0.0197. The van der Waals surface area contributed by atoms with Gasteiger partial charge in [0.15, 0.2) is 9.84 Å². The van der Waals surface area contributed by atoms with E-state index in [0.29, 0.717) is 0 Å². The van der Waals surface area contributed by atoms with Crippen LogP contribution in [-0.2, 0) is 35.1 Å². The number of allylic oxidation sites excluding steroid dienone is 1. The molecule has 198 valence electrons. The number of sulfone groups is 1. The second kappa shape index (κ2) is 11.0. The quantitative estimate of drug-likeness (QED) is 0.489. The highest BCUT2D eigenvalue weighted by atomic mass is 35.5. The van der Waals surface area contributed by atoms with Crippen molar-refractivity contribution < 1.29 is 40.7 Å². The fourth-order valence-corrected chi connectivity index (χ4v) is 6.03. The number of halogens is 4. The summed E-state index contributed by atoms with van der Waals surface area (Å²) in [6.45, 7) is 2.70. The molecule has 0 bridgehead atoms. The molecule has 12 heteroatoms. The van der Waals surface area contributed by atoms with Gasteiger partial charge >= 0.3 is 18.1 Å². The first-order chi connectivity index (χ1) is 17.3. The molecule has 1 aliphatic heterocycles. The van der Waals surface area contributed by atoms with Gasteiger partial charge in [-0.05, 0) is 37.6 Å². The Bertz CT molecular complexity index is 1400. The van der Waals surface area contributed by atoms with Crippen LogP contribution in [0.3, 0.4) is 0 Å². The summed E-state index contributed by atoms with van der Waals surface area (Å²) in [5.74, 6) is -4.56. The number of benzene rings is 2. The van der Waals surface area contributed by atoms with Crippen molar-refractivity contribution in [2.24, 2.45) is 0 Å². The van der Waals surface area contributed by atoms with E-state index in [-0.39, 0.29) is 33.5 Å². The molecule has 0 aromatic heterocycles. The van der Waals surface area contributed by atoms with E-state index in [2.05, 4.69) is 5.32 Å². The van der Waals surface area contributed by atoms with Crippen molar-refractivity contribution in [2.45, 2.75) is 30.8 Å². The lowest BCUT2D eigenvalue weighted by Crippen LogP contribution is -2.36. The van der Waals surface area contributed by atoms with Gasteiger partial charge in [0.2, 0.25) is 0 Å². The van der Waals surface area contributed by atoms with Gasteiger partial charge in [0, 0.05) is 11.4 Å². The lowest BCUT2D eigenvalue weighted by molar-refractivity contribution is -0.141. The van der Waals surface area contributed by atoms with Gasteiger partial charge in [-0.3, -0.25) is 0 Å². The van der Waals surface area contributed by atoms with Crippen molar-refractivity contribution in [1.29, 1.82) is 0 Å². The Morgan fingerprint density at radius 2 is 1.65 bits per heavy atom. The van der Waals surface area contributed by atoms with E-state index < -0.39 is 56.3 Å². The molecule has 7 nitrogen and oxygen atoms in total. The highest BCUT2D eigenvalue weighted by Crippen LogP contribution is 2.45. The number of dihydropyridines is 1. The first-order valence-corrected chi connectivity index (χ1v) is 13.0. The van der Waals surface area contributed by atoms with Crippen molar-refractivity contribution in [1.82, 2.24) is 5.32 Å². The summed E-state index contributed by atoms with van der Waals surface area (Å²) in [4.78, 5) is 25.8. The number of alkyl halides is 3. The molecule has 0 aliphatic carbocycles. The summed E-state index contributed by atoms with van der Waals surface area (Å²) in [6.07, 6.45) is -4.85. The summed E-state index contributed by atoms with van der Waals surface area (Å²) < 4.78 is 78.6. The average molecular weight is 558 g/mol. The highest BCUT2D eigenvalue weighted by Gasteiger charge is 2.44. The van der Waals surface area contributed by atoms with Gasteiger partial charge in [-0.15, -0.1) is 0 Å². The predicted octanol–water partition coefficient (Wildman–Crippen LogP) is 4.78. The summed E-state index contributed by atoms with van der Waals surface area (Å²) in [5.41, 5.74) is -2.52. The maximum Gasteiger partial charge on any atom is 0.416 e. The zero-order valence-corrected chi connectivity index (χ0v) is 21.6. The van der Waals surface area contributed by atoms with Gasteiger partial charge < -0.3 is 14.8 Å². The minimum atomic E-state index is -4.85. The summed E-state index contributed by atoms with van der Waals surface area (Å²) in [7, 11) is -3.16. The van der Waals surface area contributed by atoms with E-state index in [1.54, 1.807) is 0 Å². The fraction of sp³-hybridized carbons (Fsp3) is 0.280. The van der Waals surface area contributed by atoms with Crippen LogP contribution < -0.4 is 5.32 Å². The van der Waals surface area contributed by atoms with Gasteiger partial charge in [-0.2, -0.15) is 13.2 Å². The van der Waals surface area contributed by atoms with Crippen LogP contribution in [0.15, 0.2) is 76.0 Å². The van der Waals surface area contributed by atoms with E-state index in [4.69, 9.17) is 21.1 Å². The number of hydrogen-bond donors (Lipinski definition) is 1. The maximum atomic E-state index is 14.0. The zero-order valence-electron chi connectivity index (χ0n) is 20.0. The molecule has 0 saturated heterocycles. The smallest absolute Gasteiger partial charge is 0.416 e. The Hall–Kier alpha value is -3.31. The van der Waals surface area contributed by atoms with Crippen LogP contribution in [0.25, 0.3) is 0 Å². The molecule has 0 fully saturated rings. The maximum absolute atomic E-state index is 14.0. The molecule has 1 N–H and O–H groups in total. The number of ether oxygens (including phenoxy) is 2. The Morgan fingerprint density at radius 1 is 1.03 bits per heavy atom. The van der Waals surface area contributed by atoms with E-state index in [0.717, 1.165) is 25.3 Å². The molecule has 2 aromatic rings. The minimum Gasteiger partial charge on any atom is -0.466 e. The summed E-state index contributed by atoms with van der Waals surface area (Å²) in [5, 5.41) is 2.66. The van der Waals surface area contributed by atoms with Crippen molar-refractivity contribution in [3.8, 4) is 0 Å². The number of nitrogens with one attached hydrogen (secondary N) is 1. The van der Waals surface area contributed by atoms with Crippen LogP contribution in [0.1, 0.15) is 30.9 Å². The average Bonchev–Trinajstić information content (AvgIpc) is 2.82. The zero-order chi connectivity index (χ0) is 27.5. The number of carbonyl (C=O) groups excluding carboxylic acids is 2. The largest absolute Gasteiger partial charge is 0.466 e. The van der Waals surface area contributed by atoms with Crippen LogP contribution in [-0.4, -0.2) is 39.8 Å². The Kier molecular flexibility index (Phi) is 8.38. The second-order valence-electron chi connectivity index (χ2n) is 7.98. The van der Waals surface area contributed by atoms with Crippen LogP contribution in [0.2, 0.25) is 5.02 Å². The van der Waals surface area contributed by atoms with Gasteiger partial charge in [0.05, 0.1) is 52.0 Å². The number of hydrogen-bond acceptors (Lipinski definition) is 7. The van der Waals surface area contributed by atoms with Crippen LogP contribution >= 0.6 is 11.6 Å².